The molecule has 0 saturated heterocycles. The lowest BCUT2D eigenvalue weighted by atomic mass is 9.88. The fourth-order valence-corrected chi connectivity index (χ4v) is 3.45. The third kappa shape index (κ3) is 2.01. The Hall–Kier alpha value is -1.80. The maximum atomic E-state index is 6.27. The van der Waals surface area contributed by atoms with Crippen LogP contribution < -0.4 is 10.1 Å². The molecule has 20 heavy (non-hydrogen) atoms. The molecule has 102 valence electrons. The number of fused-ring (bicyclic) bond motifs is 2. The molecule has 2 heterocycles. The fraction of sp³-hybridized carbons (Fsp3) is 0.333. The Morgan fingerprint density at radius 2 is 1.70 bits per heavy atom. The highest BCUT2D eigenvalue weighted by atomic mass is 16.5. The number of aryl methyl sites for hydroxylation is 1. The molecule has 0 radical (unpaired) electrons. The molecule has 2 aromatic carbocycles. The monoisotopic (exact) mass is 265 g/mol. The van der Waals surface area contributed by atoms with Crippen LogP contribution in [0.3, 0.4) is 0 Å². The molecule has 2 nitrogen and oxygen atoms in total. The van der Waals surface area contributed by atoms with E-state index in [4.69, 9.17) is 4.74 Å². The quantitative estimate of drug-likeness (QED) is 0.854. The molecule has 0 aliphatic carbocycles. The van der Waals surface area contributed by atoms with Gasteiger partial charge in [0.1, 0.15) is 11.9 Å². The van der Waals surface area contributed by atoms with Crippen molar-refractivity contribution in [2.45, 2.75) is 31.4 Å². The van der Waals surface area contributed by atoms with Crippen molar-refractivity contribution in [1.29, 1.82) is 0 Å². The van der Waals surface area contributed by atoms with Crippen LogP contribution >= 0.6 is 0 Å². The third-order valence-corrected chi connectivity index (χ3v) is 4.47. The van der Waals surface area contributed by atoms with Crippen LogP contribution in [-0.4, -0.2) is 12.6 Å². The molecule has 2 unspecified atom stereocenters. The van der Waals surface area contributed by atoms with Gasteiger partial charge in [-0.25, -0.2) is 0 Å². The molecule has 0 aromatic heterocycles. The molecular weight excluding hydrogens is 246 g/mol. The van der Waals surface area contributed by atoms with Crippen molar-refractivity contribution in [3.63, 3.8) is 0 Å². The fourth-order valence-electron chi connectivity index (χ4n) is 3.45. The first kappa shape index (κ1) is 12.0. The maximum absolute atomic E-state index is 6.27. The molecule has 2 aliphatic rings. The van der Waals surface area contributed by atoms with Crippen molar-refractivity contribution >= 4 is 0 Å². The molecule has 0 spiro atoms. The Bertz CT molecular complexity index is 622. The van der Waals surface area contributed by atoms with Gasteiger partial charge in [0, 0.05) is 0 Å². The van der Waals surface area contributed by atoms with Crippen molar-refractivity contribution in [3.8, 4) is 5.75 Å². The van der Waals surface area contributed by atoms with Gasteiger partial charge in [0.2, 0.25) is 0 Å². The molecular formula is C18H19NO. The Balaban J connectivity index is 1.64. The zero-order chi connectivity index (χ0) is 13.4. The summed E-state index contributed by atoms with van der Waals surface area (Å²) in [6.07, 6.45) is 3.56. The van der Waals surface area contributed by atoms with Gasteiger partial charge in [-0.15, -0.1) is 0 Å². The van der Waals surface area contributed by atoms with Gasteiger partial charge in [0.05, 0.1) is 6.04 Å². The van der Waals surface area contributed by atoms with E-state index in [0.29, 0.717) is 6.04 Å². The lowest BCUT2D eigenvalue weighted by molar-refractivity contribution is 0.126. The van der Waals surface area contributed by atoms with Crippen LogP contribution in [0.15, 0.2) is 48.5 Å². The number of hydrogen-bond acceptors (Lipinski definition) is 2. The summed E-state index contributed by atoms with van der Waals surface area (Å²) in [7, 11) is 0. The predicted octanol–water partition coefficient (Wildman–Crippen LogP) is 3.27. The second-order valence-corrected chi connectivity index (χ2v) is 5.68. The molecule has 2 aromatic rings. The maximum Gasteiger partial charge on any atom is 0.123 e. The van der Waals surface area contributed by atoms with E-state index in [1.807, 2.05) is 0 Å². The van der Waals surface area contributed by atoms with Crippen LogP contribution in [0.1, 0.15) is 29.2 Å². The summed E-state index contributed by atoms with van der Waals surface area (Å²) in [5, 5.41) is 3.65. The van der Waals surface area contributed by atoms with Gasteiger partial charge in [-0.2, -0.15) is 0 Å². The predicted molar refractivity (Wildman–Crippen MR) is 80.1 cm³/mol. The number of hydrogen-bond donors (Lipinski definition) is 1. The molecule has 0 amide bonds. The summed E-state index contributed by atoms with van der Waals surface area (Å²) in [6.45, 7) is 1.04. The molecule has 2 heteroatoms. The Labute approximate surface area is 119 Å². The van der Waals surface area contributed by atoms with Crippen LogP contribution in [0.2, 0.25) is 0 Å². The SMILES string of the molecule is c1ccc2c(c1)CCC(C1NCCc3ccccc31)O2. The van der Waals surface area contributed by atoms with E-state index in [-0.39, 0.29) is 6.10 Å². The van der Waals surface area contributed by atoms with Gasteiger partial charge in [0.15, 0.2) is 0 Å². The smallest absolute Gasteiger partial charge is 0.123 e. The van der Waals surface area contributed by atoms with Crippen molar-refractivity contribution in [1.82, 2.24) is 5.32 Å². The number of ether oxygens (including phenoxy) is 1. The minimum absolute atomic E-state index is 0.242. The van der Waals surface area contributed by atoms with Crippen LogP contribution in [0.5, 0.6) is 5.75 Å². The van der Waals surface area contributed by atoms with E-state index < -0.39 is 0 Å². The van der Waals surface area contributed by atoms with Gasteiger partial charge < -0.3 is 10.1 Å². The normalized spacial score (nSPS) is 24.4. The number of rotatable bonds is 1. The highest BCUT2D eigenvalue weighted by Crippen LogP contribution is 2.34. The molecule has 0 bridgehead atoms. The van der Waals surface area contributed by atoms with E-state index in [2.05, 4.69) is 53.8 Å². The number of para-hydroxylation sites is 1. The second-order valence-electron chi connectivity index (χ2n) is 5.68. The van der Waals surface area contributed by atoms with Crippen molar-refractivity contribution < 1.29 is 4.74 Å². The Morgan fingerprint density at radius 3 is 2.65 bits per heavy atom. The Morgan fingerprint density at radius 1 is 0.900 bits per heavy atom. The lowest BCUT2D eigenvalue weighted by Crippen LogP contribution is -2.41. The van der Waals surface area contributed by atoms with E-state index in [9.17, 15) is 0 Å². The van der Waals surface area contributed by atoms with Crippen molar-refractivity contribution in [2.75, 3.05) is 6.54 Å². The summed E-state index contributed by atoms with van der Waals surface area (Å²) in [5.41, 5.74) is 4.23. The van der Waals surface area contributed by atoms with Crippen LogP contribution in [-0.2, 0) is 12.8 Å². The summed E-state index contributed by atoms with van der Waals surface area (Å²) in [5.74, 6) is 1.06. The van der Waals surface area contributed by atoms with E-state index in [0.717, 1.165) is 31.6 Å². The van der Waals surface area contributed by atoms with Gasteiger partial charge in [-0.3, -0.25) is 0 Å². The van der Waals surface area contributed by atoms with Crippen LogP contribution in [0.4, 0.5) is 0 Å². The third-order valence-electron chi connectivity index (χ3n) is 4.47. The zero-order valence-corrected chi connectivity index (χ0v) is 11.5. The Kier molecular flexibility index (Phi) is 2.96. The van der Waals surface area contributed by atoms with Crippen molar-refractivity contribution in [3.05, 3.63) is 65.2 Å². The van der Waals surface area contributed by atoms with Crippen LogP contribution in [0.25, 0.3) is 0 Å². The molecule has 2 aliphatic heterocycles. The summed E-state index contributed by atoms with van der Waals surface area (Å²) in [4.78, 5) is 0. The average molecular weight is 265 g/mol. The molecule has 0 fully saturated rings. The van der Waals surface area contributed by atoms with Gasteiger partial charge in [-0.05, 0) is 48.6 Å². The van der Waals surface area contributed by atoms with Gasteiger partial charge >= 0.3 is 0 Å². The first-order valence-electron chi connectivity index (χ1n) is 7.47. The highest BCUT2D eigenvalue weighted by molar-refractivity contribution is 5.38. The van der Waals surface area contributed by atoms with Gasteiger partial charge in [0.25, 0.3) is 0 Å². The zero-order valence-electron chi connectivity index (χ0n) is 11.5. The summed E-state index contributed by atoms with van der Waals surface area (Å²) >= 11 is 0. The minimum Gasteiger partial charge on any atom is -0.488 e. The molecule has 4 rings (SSSR count). The van der Waals surface area contributed by atoms with Crippen molar-refractivity contribution in [2.24, 2.45) is 0 Å². The van der Waals surface area contributed by atoms with E-state index in [1.54, 1.807) is 0 Å². The first-order valence-corrected chi connectivity index (χ1v) is 7.47. The first-order chi connectivity index (χ1) is 9.92. The second kappa shape index (κ2) is 4.95. The summed E-state index contributed by atoms with van der Waals surface area (Å²) in [6, 6.07) is 17.5. The van der Waals surface area contributed by atoms with Crippen LogP contribution in [0, 0.1) is 0 Å². The topological polar surface area (TPSA) is 21.3 Å². The lowest BCUT2D eigenvalue weighted by Gasteiger charge is -2.36. The number of nitrogens with one attached hydrogen (secondary N) is 1. The summed E-state index contributed by atoms with van der Waals surface area (Å²) < 4.78 is 6.27. The standard InChI is InChI=1S/C18H19NO/c1-3-7-15-13(5-1)11-12-19-18(15)17-10-9-14-6-2-4-8-16(14)20-17/h1-8,17-19H,9-12H2. The van der Waals surface area contributed by atoms with E-state index in [1.165, 1.54) is 16.7 Å². The van der Waals surface area contributed by atoms with E-state index >= 15 is 0 Å². The molecule has 1 N–H and O–H groups in total. The average Bonchev–Trinajstić information content (AvgIpc) is 2.54. The van der Waals surface area contributed by atoms with Gasteiger partial charge in [-0.1, -0.05) is 42.5 Å². The molecule has 0 saturated carbocycles. The molecule has 2 atom stereocenters. The number of benzene rings is 2. The largest absolute Gasteiger partial charge is 0.488 e. The highest BCUT2D eigenvalue weighted by Gasteiger charge is 2.31. The minimum atomic E-state index is 0.242.